The van der Waals surface area contributed by atoms with Gasteiger partial charge in [0, 0.05) is 23.8 Å². The van der Waals surface area contributed by atoms with Crippen molar-refractivity contribution in [1.29, 1.82) is 0 Å². The van der Waals surface area contributed by atoms with Crippen LogP contribution in [0.5, 0.6) is 11.6 Å². The van der Waals surface area contributed by atoms with Crippen molar-refractivity contribution in [3.05, 3.63) is 53.6 Å². The van der Waals surface area contributed by atoms with Gasteiger partial charge in [0.15, 0.2) is 0 Å². The van der Waals surface area contributed by atoms with Crippen LogP contribution in [0.2, 0.25) is 0 Å². The largest absolute Gasteiger partial charge is 0.437 e. The molecule has 0 bridgehead atoms. The van der Waals surface area contributed by atoms with Crippen molar-refractivity contribution < 1.29 is 9.13 Å². The molecule has 1 aliphatic carbocycles. The van der Waals surface area contributed by atoms with Gasteiger partial charge in [0.2, 0.25) is 5.88 Å². The molecular weight excluding hydrogens is 303 g/mol. The van der Waals surface area contributed by atoms with Crippen LogP contribution in [0.4, 0.5) is 4.39 Å². The van der Waals surface area contributed by atoms with E-state index in [-0.39, 0.29) is 5.82 Å². The lowest BCUT2D eigenvalue weighted by Gasteiger charge is -2.27. The van der Waals surface area contributed by atoms with Crippen molar-refractivity contribution in [2.75, 3.05) is 0 Å². The fraction of sp³-hybridized carbons (Fsp3) is 0.350. The molecule has 0 radical (unpaired) electrons. The third-order valence-electron chi connectivity index (χ3n) is 5.21. The van der Waals surface area contributed by atoms with Gasteiger partial charge in [-0.1, -0.05) is 6.42 Å². The molecule has 24 heavy (non-hydrogen) atoms. The molecule has 0 N–H and O–H groups in total. The van der Waals surface area contributed by atoms with E-state index in [9.17, 15) is 4.39 Å². The fourth-order valence-electron chi connectivity index (χ4n) is 3.41. The molecule has 124 valence electrons. The van der Waals surface area contributed by atoms with Gasteiger partial charge in [0.25, 0.3) is 0 Å². The first-order chi connectivity index (χ1) is 11.6. The summed E-state index contributed by atoms with van der Waals surface area (Å²) in [5, 5.41) is 1.18. The number of ether oxygens (including phenoxy) is 1. The normalized spacial score (nSPS) is 14.8. The summed E-state index contributed by atoms with van der Waals surface area (Å²) >= 11 is 0. The van der Waals surface area contributed by atoms with Gasteiger partial charge in [0.05, 0.1) is 0 Å². The van der Waals surface area contributed by atoms with Crippen molar-refractivity contribution in [3.8, 4) is 11.6 Å². The Hall–Kier alpha value is -2.36. The third-order valence-corrected chi connectivity index (χ3v) is 5.21. The Morgan fingerprint density at radius 3 is 2.58 bits per heavy atom. The molecule has 0 unspecified atom stereocenters. The second kappa shape index (κ2) is 5.93. The molecule has 0 saturated heterocycles. The van der Waals surface area contributed by atoms with Crippen LogP contribution in [0.15, 0.2) is 36.5 Å². The topological polar surface area (TPSA) is 27.1 Å². The number of halogens is 1. The summed E-state index contributed by atoms with van der Waals surface area (Å²) in [5.41, 5.74) is 3.59. The first kappa shape index (κ1) is 15.2. The summed E-state index contributed by atoms with van der Waals surface area (Å²) in [6.45, 7) is 5.33. The maximum absolute atomic E-state index is 13.1. The van der Waals surface area contributed by atoms with E-state index in [0.717, 1.165) is 18.0 Å². The number of hydrogen-bond donors (Lipinski definition) is 0. The maximum atomic E-state index is 13.1. The van der Waals surface area contributed by atoms with Crippen molar-refractivity contribution >= 4 is 10.9 Å². The lowest BCUT2D eigenvalue weighted by molar-refractivity contribution is 0.277. The molecule has 1 aliphatic rings. The Bertz CT molecular complexity index is 879. The molecule has 0 amide bonds. The predicted molar refractivity (Wildman–Crippen MR) is 93.0 cm³/mol. The number of aromatic nitrogens is 2. The molecule has 4 heteroatoms. The van der Waals surface area contributed by atoms with Crippen LogP contribution < -0.4 is 4.74 Å². The minimum atomic E-state index is -0.270. The van der Waals surface area contributed by atoms with E-state index in [2.05, 4.69) is 23.4 Å². The number of fused-ring (bicyclic) bond motifs is 1. The highest BCUT2D eigenvalue weighted by atomic mass is 19.1. The Kier molecular flexibility index (Phi) is 3.75. The molecule has 1 fully saturated rings. The van der Waals surface area contributed by atoms with Gasteiger partial charge in [0.1, 0.15) is 17.1 Å². The minimum Gasteiger partial charge on any atom is -0.437 e. The summed E-state index contributed by atoms with van der Waals surface area (Å²) in [6.07, 6.45) is 5.71. The summed E-state index contributed by atoms with van der Waals surface area (Å²) in [6, 6.07) is 8.12. The van der Waals surface area contributed by atoms with Gasteiger partial charge < -0.3 is 9.30 Å². The zero-order valence-electron chi connectivity index (χ0n) is 14.1. The second-order valence-corrected chi connectivity index (χ2v) is 6.69. The van der Waals surface area contributed by atoms with E-state index >= 15 is 0 Å². The molecule has 1 saturated carbocycles. The van der Waals surface area contributed by atoms with Crippen LogP contribution in [0.3, 0.4) is 0 Å². The zero-order chi connectivity index (χ0) is 16.7. The van der Waals surface area contributed by atoms with Gasteiger partial charge in [-0.25, -0.2) is 9.37 Å². The molecule has 4 rings (SSSR count). The van der Waals surface area contributed by atoms with Crippen molar-refractivity contribution in [1.82, 2.24) is 9.55 Å². The van der Waals surface area contributed by atoms with Crippen molar-refractivity contribution in [2.45, 2.75) is 39.7 Å². The van der Waals surface area contributed by atoms with E-state index in [1.165, 1.54) is 48.0 Å². The first-order valence-corrected chi connectivity index (χ1v) is 8.51. The Morgan fingerprint density at radius 2 is 1.92 bits per heavy atom. The molecule has 0 spiro atoms. The molecular formula is C20H21FN2O. The lowest BCUT2D eigenvalue weighted by atomic mass is 9.85. The van der Waals surface area contributed by atoms with Crippen LogP contribution in [-0.4, -0.2) is 9.55 Å². The maximum Gasteiger partial charge on any atom is 0.244 e. The summed E-state index contributed by atoms with van der Waals surface area (Å²) in [4.78, 5) is 4.45. The number of aryl methyl sites for hydroxylation is 1. The summed E-state index contributed by atoms with van der Waals surface area (Å²) in [5.74, 6) is 1.67. The fourth-order valence-corrected chi connectivity index (χ4v) is 3.41. The van der Waals surface area contributed by atoms with E-state index in [1.807, 2.05) is 6.07 Å². The molecule has 2 aromatic heterocycles. The lowest BCUT2D eigenvalue weighted by Crippen LogP contribution is -2.18. The molecule has 0 aliphatic heterocycles. The van der Waals surface area contributed by atoms with Gasteiger partial charge in [-0.15, -0.1) is 0 Å². The van der Waals surface area contributed by atoms with E-state index < -0.39 is 0 Å². The van der Waals surface area contributed by atoms with E-state index in [4.69, 9.17) is 4.74 Å². The molecule has 0 atom stereocenters. The van der Waals surface area contributed by atoms with Crippen LogP contribution in [0.1, 0.15) is 30.5 Å². The molecule has 3 nitrogen and oxygen atoms in total. The number of hydrogen-bond acceptors (Lipinski definition) is 2. The van der Waals surface area contributed by atoms with Crippen LogP contribution in [0, 0.1) is 25.6 Å². The number of rotatable bonds is 4. The molecule has 3 aromatic rings. The van der Waals surface area contributed by atoms with Crippen molar-refractivity contribution in [2.24, 2.45) is 5.92 Å². The highest BCUT2D eigenvalue weighted by Gasteiger charge is 2.23. The summed E-state index contributed by atoms with van der Waals surface area (Å²) < 4.78 is 21.5. The monoisotopic (exact) mass is 324 g/mol. The van der Waals surface area contributed by atoms with Gasteiger partial charge in [-0.3, -0.25) is 0 Å². The standard InChI is InChI=1S/C20H21FN2O/c1-13-14(2)23(12-15-4-3-5-15)19-18(13)10-11-22-20(19)24-17-8-6-16(21)7-9-17/h6-11,15H,3-5,12H2,1-2H3. The number of nitrogens with zero attached hydrogens (tertiary/aromatic N) is 2. The van der Waals surface area contributed by atoms with Crippen LogP contribution >= 0.6 is 0 Å². The Labute approximate surface area is 141 Å². The van der Waals surface area contributed by atoms with Gasteiger partial charge >= 0.3 is 0 Å². The highest BCUT2D eigenvalue weighted by Crippen LogP contribution is 2.36. The average Bonchev–Trinajstić information content (AvgIpc) is 2.79. The van der Waals surface area contributed by atoms with Gasteiger partial charge in [-0.05, 0) is 68.5 Å². The highest BCUT2D eigenvalue weighted by molar-refractivity contribution is 5.89. The minimum absolute atomic E-state index is 0.270. The Balaban J connectivity index is 1.79. The zero-order valence-corrected chi connectivity index (χ0v) is 14.1. The molecule has 1 aromatic carbocycles. The number of benzene rings is 1. The molecule has 2 heterocycles. The summed E-state index contributed by atoms with van der Waals surface area (Å²) in [7, 11) is 0. The SMILES string of the molecule is Cc1c(C)n(CC2CCC2)c2c(Oc3ccc(F)cc3)nccc12. The smallest absolute Gasteiger partial charge is 0.244 e. The predicted octanol–water partition coefficient (Wildman–Crippen LogP) is 5.38. The average molecular weight is 324 g/mol. The van der Waals surface area contributed by atoms with E-state index in [0.29, 0.717) is 11.6 Å². The van der Waals surface area contributed by atoms with Gasteiger partial charge in [-0.2, -0.15) is 0 Å². The second-order valence-electron chi connectivity index (χ2n) is 6.69. The first-order valence-electron chi connectivity index (χ1n) is 8.51. The number of pyridine rings is 1. The Morgan fingerprint density at radius 1 is 1.17 bits per heavy atom. The van der Waals surface area contributed by atoms with E-state index in [1.54, 1.807) is 18.3 Å². The quantitative estimate of drug-likeness (QED) is 0.644. The van der Waals surface area contributed by atoms with Crippen LogP contribution in [0.25, 0.3) is 10.9 Å². The van der Waals surface area contributed by atoms with Crippen molar-refractivity contribution in [3.63, 3.8) is 0 Å². The third kappa shape index (κ3) is 2.56. The van der Waals surface area contributed by atoms with Crippen LogP contribution in [-0.2, 0) is 6.54 Å².